The van der Waals surface area contributed by atoms with Crippen molar-refractivity contribution in [2.24, 2.45) is 5.92 Å². The van der Waals surface area contributed by atoms with Crippen LogP contribution in [0.5, 0.6) is 0 Å². The zero-order valence-electron chi connectivity index (χ0n) is 15.5. The Bertz CT molecular complexity index is 793. The van der Waals surface area contributed by atoms with Crippen LogP contribution in [0.2, 0.25) is 0 Å². The van der Waals surface area contributed by atoms with Gasteiger partial charge in [-0.3, -0.25) is 9.89 Å². The summed E-state index contributed by atoms with van der Waals surface area (Å²) in [7, 11) is 0. The van der Waals surface area contributed by atoms with Gasteiger partial charge >= 0.3 is 6.09 Å². The van der Waals surface area contributed by atoms with Crippen molar-refractivity contribution >= 4 is 22.9 Å². The van der Waals surface area contributed by atoms with Gasteiger partial charge in [-0.15, -0.1) is 0 Å². The number of likely N-dealkylation sites (tertiary alicyclic amines) is 1. The Hall–Kier alpha value is -2.57. The number of aromatic amines is 1. The molecular weight excluding hydrogens is 332 g/mol. The number of H-pyrrole nitrogens is 1. The second-order valence-corrected chi connectivity index (χ2v) is 7.76. The summed E-state index contributed by atoms with van der Waals surface area (Å²) in [6.07, 6.45) is 1.47. The van der Waals surface area contributed by atoms with Gasteiger partial charge in [0.2, 0.25) is 0 Å². The van der Waals surface area contributed by atoms with Crippen molar-refractivity contribution < 1.29 is 14.3 Å². The van der Waals surface area contributed by atoms with E-state index in [0.717, 1.165) is 23.7 Å². The highest BCUT2D eigenvalue weighted by Crippen LogP contribution is 2.21. The van der Waals surface area contributed by atoms with Gasteiger partial charge in [-0.2, -0.15) is 5.10 Å². The molecule has 2 heterocycles. The first-order valence-electron chi connectivity index (χ1n) is 9.03. The van der Waals surface area contributed by atoms with Crippen molar-refractivity contribution in [1.82, 2.24) is 20.4 Å². The maximum atomic E-state index is 12.9. The lowest BCUT2D eigenvalue weighted by atomic mass is 9.97. The van der Waals surface area contributed by atoms with E-state index < -0.39 is 11.7 Å². The lowest BCUT2D eigenvalue weighted by Crippen LogP contribution is -2.44. The van der Waals surface area contributed by atoms with Crippen LogP contribution in [-0.4, -0.2) is 52.3 Å². The van der Waals surface area contributed by atoms with E-state index in [4.69, 9.17) is 4.74 Å². The number of rotatable bonds is 3. The number of amides is 2. The molecule has 26 heavy (non-hydrogen) atoms. The van der Waals surface area contributed by atoms with E-state index in [9.17, 15) is 9.59 Å². The molecule has 7 nitrogen and oxygen atoms in total. The van der Waals surface area contributed by atoms with Crippen LogP contribution in [0, 0.1) is 5.92 Å². The minimum absolute atomic E-state index is 0.0654. The van der Waals surface area contributed by atoms with Gasteiger partial charge in [0.05, 0.1) is 5.52 Å². The van der Waals surface area contributed by atoms with Crippen molar-refractivity contribution in [2.45, 2.75) is 39.2 Å². The third-order valence-electron chi connectivity index (χ3n) is 4.41. The number of alkyl carbamates (subject to hydrolysis) is 1. The predicted molar refractivity (Wildman–Crippen MR) is 99.0 cm³/mol. The Labute approximate surface area is 153 Å². The number of carbonyl (C=O) groups is 2. The fourth-order valence-electron chi connectivity index (χ4n) is 3.23. The second-order valence-electron chi connectivity index (χ2n) is 7.76. The van der Waals surface area contributed by atoms with Gasteiger partial charge in [0, 0.05) is 25.0 Å². The summed E-state index contributed by atoms with van der Waals surface area (Å²) in [5.74, 6) is 0.148. The first kappa shape index (κ1) is 18.2. The lowest BCUT2D eigenvalue weighted by Gasteiger charge is -2.32. The molecule has 0 bridgehead atoms. The van der Waals surface area contributed by atoms with Gasteiger partial charge < -0.3 is 15.0 Å². The average Bonchev–Trinajstić information content (AvgIpc) is 3.02. The largest absolute Gasteiger partial charge is 0.444 e. The standard InChI is InChI=1S/C19H26N4O3/c1-19(2,3)26-18(25)20-11-13-7-6-10-23(12-13)17(24)16-14-8-4-5-9-15(14)21-22-16/h4-5,8-9,13H,6-7,10-12H2,1-3H3,(H,20,25)(H,21,22). The summed E-state index contributed by atoms with van der Waals surface area (Å²) in [4.78, 5) is 26.5. The fourth-order valence-corrected chi connectivity index (χ4v) is 3.23. The molecule has 1 fully saturated rings. The summed E-state index contributed by atoms with van der Waals surface area (Å²) in [5, 5.41) is 10.8. The van der Waals surface area contributed by atoms with Gasteiger partial charge in [-0.05, 0) is 45.6 Å². The van der Waals surface area contributed by atoms with Crippen LogP contribution >= 0.6 is 0 Å². The molecule has 0 spiro atoms. The quantitative estimate of drug-likeness (QED) is 0.883. The molecule has 1 aliphatic rings. The van der Waals surface area contributed by atoms with E-state index in [1.165, 1.54) is 0 Å². The van der Waals surface area contributed by atoms with Gasteiger partial charge in [-0.25, -0.2) is 4.79 Å². The molecule has 2 N–H and O–H groups in total. The number of aromatic nitrogens is 2. The first-order valence-corrected chi connectivity index (χ1v) is 9.03. The Kier molecular flexibility index (Phi) is 5.15. The van der Waals surface area contributed by atoms with Crippen LogP contribution in [0.15, 0.2) is 24.3 Å². The van der Waals surface area contributed by atoms with Crippen molar-refractivity contribution in [1.29, 1.82) is 0 Å². The summed E-state index contributed by atoms with van der Waals surface area (Å²) < 4.78 is 5.27. The number of nitrogens with zero attached hydrogens (tertiary/aromatic N) is 2. The molecule has 1 atom stereocenters. The number of nitrogens with one attached hydrogen (secondary N) is 2. The summed E-state index contributed by atoms with van der Waals surface area (Å²) in [6.45, 7) is 7.32. The van der Waals surface area contributed by atoms with E-state index in [-0.39, 0.29) is 11.8 Å². The highest BCUT2D eigenvalue weighted by molar-refractivity contribution is 6.04. The molecule has 2 amide bonds. The molecule has 1 unspecified atom stereocenters. The zero-order chi connectivity index (χ0) is 18.7. The average molecular weight is 358 g/mol. The second kappa shape index (κ2) is 7.35. The lowest BCUT2D eigenvalue weighted by molar-refractivity contribution is 0.0502. The summed E-state index contributed by atoms with van der Waals surface area (Å²) in [6, 6.07) is 7.62. The topological polar surface area (TPSA) is 87.3 Å². The molecule has 1 aromatic heterocycles. The highest BCUT2D eigenvalue weighted by Gasteiger charge is 2.27. The molecule has 1 aromatic carbocycles. The Morgan fingerprint density at radius 2 is 2.12 bits per heavy atom. The molecule has 1 aliphatic heterocycles. The fraction of sp³-hybridized carbons (Fsp3) is 0.526. The van der Waals surface area contributed by atoms with Crippen LogP contribution in [0.3, 0.4) is 0 Å². The third-order valence-corrected chi connectivity index (χ3v) is 4.41. The van der Waals surface area contributed by atoms with E-state index in [2.05, 4.69) is 15.5 Å². The molecule has 0 radical (unpaired) electrons. The molecule has 0 aliphatic carbocycles. The van der Waals surface area contributed by atoms with Crippen LogP contribution < -0.4 is 5.32 Å². The highest BCUT2D eigenvalue weighted by atomic mass is 16.6. The van der Waals surface area contributed by atoms with E-state index in [1.807, 2.05) is 49.9 Å². The molecule has 2 aromatic rings. The SMILES string of the molecule is CC(C)(C)OC(=O)NCC1CCCN(C(=O)c2n[nH]c3ccccc23)C1. The van der Waals surface area contributed by atoms with Crippen LogP contribution in [0.4, 0.5) is 4.79 Å². The van der Waals surface area contributed by atoms with Gasteiger partial charge in [0.25, 0.3) is 5.91 Å². The van der Waals surface area contributed by atoms with Gasteiger partial charge in [0.15, 0.2) is 5.69 Å². The molecule has 3 rings (SSSR count). The molecular formula is C19H26N4O3. The monoisotopic (exact) mass is 358 g/mol. The Morgan fingerprint density at radius 3 is 2.88 bits per heavy atom. The van der Waals surface area contributed by atoms with Gasteiger partial charge in [-0.1, -0.05) is 18.2 Å². The van der Waals surface area contributed by atoms with E-state index >= 15 is 0 Å². The van der Waals surface area contributed by atoms with Crippen molar-refractivity contribution in [2.75, 3.05) is 19.6 Å². The number of hydrogen-bond donors (Lipinski definition) is 2. The van der Waals surface area contributed by atoms with E-state index in [1.54, 1.807) is 0 Å². The van der Waals surface area contributed by atoms with Crippen molar-refractivity contribution in [3.63, 3.8) is 0 Å². The van der Waals surface area contributed by atoms with Crippen molar-refractivity contribution in [3.05, 3.63) is 30.0 Å². The molecule has 140 valence electrons. The summed E-state index contributed by atoms with van der Waals surface area (Å²) in [5.41, 5.74) is 0.803. The number of hydrogen-bond acceptors (Lipinski definition) is 4. The van der Waals surface area contributed by atoms with Gasteiger partial charge in [0.1, 0.15) is 5.60 Å². The predicted octanol–water partition coefficient (Wildman–Crippen LogP) is 2.94. The number of benzene rings is 1. The normalized spacial score (nSPS) is 18.0. The third kappa shape index (κ3) is 4.33. The Balaban J connectivity index is 1.60. The molecule has 1 saturated heterocycles. The number of fused-ring (bicyclic) bond motifs is 1. The molecule has 7 heteroatoms. The Morgan fingerprint density at radius 1 is 1.35 bits per heavy atom. The van der Waals surface area contributed by atoms with Crippen LogP contribution in [0.1, 0.15) is 44.1 Å². The van der Waals surface area contributed by atoms with E-state index in [0.29, 0.717) is 25.3 Å². The number of carbonyl (C=O) groups excluding carboxylic acids is 2. The van der Waals surface area contributed by atoms with Crippen LogP contribution in [0.25, 0.3) is 10.9 Å². The first-order chi connectivity index (χ1) is 12.3. The summed E-state index contributed by atoms with van der Waals surface area (Å²) >= 11 is 0. The zero-order valence-corrected chi connectivity index (χ0v) is 15.5. The van der Waals surface area contributed by atoms with Crippen LogP contribution in [-0.2, 0) is 4.74 Å². The van der Waals surface area contributed by atoms with Crippen molar-refractivity contribution in [3.8, 4) is 0 Å². The number of para-hydroxylation sites is 1. The number of ether oxygens (including phenoxy) is 1. The molecule has 0 saturated carbocycles. The maximum absolute atomic E-state index is 12.9. The minimum atomic E-state index is -0.514. The minimum Gasteiger partial charge on any atom is -0.444 e. The number of piperidine rings is 1. The maximum Gasteiger partial charge on any atom is 0.407 e. The smallest absolute Gasteiger partial charge is 0.407 e.